The molecule has 1 aliphatic heterocycles. The summed E-state index contributed by atoms with van der Waals surface area (Å²) in [5.41, 5.74) is 1.66. The van der Waals surface area contributed by atoms with Crippen LogP contribution in [0, 0.1) is 0 Å². The first-order chi connectivity index (χ1) is 15.8. The van der Waals surface area contributed by atoms with Gasteiger partial charge in [0.05, 0.1) is 24.8 Å². The van der Waals surface area contributed by atoms with Gasteiger partial charge in [0.25, 0.3) is 0 Å². The third-order valence-electron chi connectivity index (χ3n) is 5.65. The van der Waals surface area contributed by atoms with Gasteiger partial charge in [0.15, 0.2) is 0 Å². The van der Waals surface area contributed by atoms with Crippen molar-refractivity contribution in [3.63, 3.8) is 0 Å². The molecule has 1 aliphatic rings. The summed E-state index contributed by atoms with van der Waals surface area (Å²) in [6, 6.07) is 13.0. The molecule has 2 aromatic carbocycles. The Morgan fingerprint density at radius 2 is 1.79 bits per heavy atom. The van der Waals surface area contributed by atoms with E-state index in [9.17, 15) is 18.0 Å². The van der Waals surface area contributed by atoms with Crippen LogP contribution in [0.3, 0.4) is 0 Å². The third kappa shape index (κ3) is 5.84. The first-order valence-electron chi connectivity index (χ1n) is 10.6. The average molecular weight is 476 g/mol. The molecule has 9 heteroatoms. The first-order valence-corrected chi connectivity index (χ1v) is 11.5. The van der Waals surface area contributed by atoms with E-state index in [4.69, 9.17) is 4.74 Å². The molecule has 0 radical (unpaired) electrons. The lowest BCUT2D eigenvalue weighted by atomic mass is 10.0. The summed E-state index contributed by atoms with van der Waals surface area (Å²) in [6.07, 6.45) is -2.51. The van der Waals surface area contributed by atoms with Crippen LogP contribution in [0.25, 0.3) is 10.6 Å². The molecule has 2 heterocycles. The zero-order valence-electron chi connectivity index (χ0n) is 18.1. The van der Waals surface area contributed by atoms with Crippen molar-refractivity contribution in [1.29, 1.82) is 0 Å². The van der Waals surface area contributed by atoms with Crippen molar-refractivity contribution in [2.24, 2.45) is 0 Å². The number of anilines is 1. The molecule has 0 bridgehead atoms. The number of hydrogen-bond acceptors (Lipinski definition) is 5. The van der Waals surface area contributed by atoms with Gasteiger partial charge in [-0.3, -0.25) is 4.79 Å². The fraction of sp³-hybridized carbons (Fsp3) is 0.333. The Bertz CT molecular complexity index is 1070. The number of piperidine rings is 1. The molecular formula is C24H24F3N3O2S. The largest absolute Gasteiger partial charge is 0.497 e. The van der Waals surface area contributed by atoms with Gasteiger partial charge in [-0.2, -0.15) is 13.2 Å². The molecule has 1 amide bonds. The standard InChI is InChI=1S/C24H24F3N3O2S/c1-32-21-8-6-20(7-9-21)30-12-10-18(11-13-30)28-22(31)14-19-15-33-23(29-19)16-2-4-17(5-3-16)24(25,26)27/h2-9,15,18H,10-14H2,1H3,(H,28,31). The maximum absolute atomic E-state index is 12.7. The van der Waals surface area contributed by atoms with E-state index >= 15 is 0 Å². The maximum Gasteiger partial charge on any atom is 0.416 e. The number of nitrogens with one attached hydrogen (secondary N) is 1. The summed E-state index contributed by atoms with van der Waals surface area (Å²) in [7, 11) is 1.64. The summed E-state index contributed by atoms with van der Waals surface area (Å²) in [6.45, 7) is 1.71. The van der Waals surface area contributed by atoms with Crippen LogP contribution < -0.4 is 15.0 Å². The second kappa shape index (κ2) is 9.82. The van der Waals surface area contributed by atoms with E-state index in [1.165, 1.54) is 23.5 Å². The Balaban J connectivity index is 1.27. The molecule has 0 saturated carbocycles. The van der Waals surface area contributed by atoms with Gasteiger partial charge in [-0.25, -0.2) is 4.98 Å². The van der Waals surface area contributed by atoms with Crippen LogP contribution >= 0.6 is 11.3 Å². The van der Waals surface area contributed by atoms with Gasteiger partial charge in [-0.05, 0) is 49.2 Å². The van der Waals surface area contributed by atoms with E-state index in [2.05, 4.69) is 15.2 Å². The molecule has 1 saturated heterocycles. The molecule has 1 aromatic heterocycles. The minimum absolute atomic E-state index is 0.0952. The normalized spacial score (nSPS) is 14.8. The molecule has 174 valence electrons. The number of carbonyl (C=O) groups is 1. The molecule has 0 spiro atoms. The number of rotatable bonds is 6. The quantitative estimate of drug-likeness (QED) is 0.535. The van der Waals surface area contributed by atoms with Gasteiger partial charge in [0.1, 0.15) is 10.8 Å². The number of alkyl halides is 3. The SMILES string of the molecule is COc1ccc(N2CCC(NC(=O)Cc3csc(-c4ccc(C(F)(F)F)cc4)n3)CC2)cc1. The number of thiazole rings is 1. The first kappa shape index (κ1) is 23.1. The number of ether oxygens (including phenoxy) is 1. The van der Waals surface area contributed by atoms with Crippen LogP contribution in [0.4, 0.5) is 18.9 Å². The highest BCUT2D eigenvalue weighted by Crippen LogP contribution is 2.32. The van der Waals surface area contributed by atoms with E-state index in [0.717, 1.165) is 49.5 Å². The highest BCUT2D eigenvalue weighted by atomic mass is 32.1. The van der Waals surface area contributed by atoms with Gasteiger partial charge >= 0.3 is 6.18 Å². The molecule has 0 aliphatic carbocycles. The molecule has 1 N–H and O–H groups in total. The lowest BCUT2D eigenvalue weighted by Crippen LogP contribution is -2.45. The van der Waals surface area contributed by atoms with Gasteiger partial charge in [-0.1, -0.05) is 12.1 Å². The number of halogens is 3. The van der Waals surface area contributed by atoms with E-state index < -0.39 is 11.7 Å². The summed E-state index contributed by atoms with van der Waals surface area (Å²) < 4.78 is 43.4. The highest BCUT2D eigenvalue weighted by Gasteiger charge is 2.30. The van der Waals surface area contributed by atoms with Crippen molar-refractivity contribution in [3.8, 4) is 16.3 Å². The van der Waals surface area contributed by atoms with Crippen molar-refractivity contribution in [3.05, 3.63) is 65.2 Å². The van der Waals surface area contributed by atoms with Gasteiger partial charge < -0.3 is 15.0 Å². The smallest absolute Gasteiger partial charge is 0.416 e. The number of nitrogens with zero attached hydrogens (tertiary/aromatic N) is 2. The Morgan fingerprint density at radius 1 is 1.12 bits per heavy atom. The van der Waals surface area contributed by atoms with Gasteiger partial charge in [0, 0.05) is 35.8 Å². The minimum atomic E-state index is -4.37. The fourth-order valence-corrected chi connectivity index (χ4v) is 4.67. The van der Waals surface area contributed by atoms with Crippen LogP contribution in [0.2, 0.25) is 0 Å². The Hall–Kier alpha value is -3.07. The summed E-state index contributed by atoms with van der Waals surface area (Å²) in [5.74, 6) is 0.728. The van der Waals surface area contributed by atoms with E-state index in [1.807, 2.05) is 24.3 Å². The monoisotopic (exact) mass is 475 g/mol. The number of carbonyl (C=O) groups excluding carboxylic acids is 1. The minimum Gasteiger partial charge on any atom is -0.497 e. The zero-order chi connectivity index (χ0) is 23.4. The fourth-order valence-electron chi connectivity index (χ4n) is 3.84. The molecule has 0 unspecified atom stereocenters. The average Bonchev–Trinajstić information content (AvgIpc) is 3.27. The summed E-state index contributed by atoms with van der Waals surface area (Å²) in [5, 5.41) is 5.46. The zero-order valence-corrected chi connectivity index (χ0v) is 18.9. The van der Waals surface area contributed by atoms with Gasteiger partial charge in [0.2, 0.25) is 5.91 Å². The predicted octanol–water partition coefficient (Wildman–Crippen LogP) is 5.17. The second-order valence-electron chi connectivity index (χ2n) is 7.92. The number of benzene rings is 2. The molecule has 1 fully saturated rings. The Kier molecular flexibility index (Phi) is 6.88. The van der Waals surface area contributed by atoms with Crippen molar-refractivity contribution in [2.75, 3.05) is 25.1 Å². The number of methoxy groups -OCH3 is 1. The predicted molar refractivity (Wildman–Crippen MR) is 123 cm³/mol. The van der Waals surface area contributed by atoms with E-state index in [-0.39, 0.29) is 18.4 Å². The third-order valence-corrected chi connectivity index (χ3v) is 6.59. The second-order valence-corrected chi connectivity index (χ2v) is 8.78. The summed E-state index contributed by atoms with van der Waals surface area (Å²) in [4.78, 5) is 19.2. The summed E-state index contributed by atoms with van der Waals surface area (Å²) >= 11 is 1.32. The van der Waals surface area contributed by atoms with Crippen molar-refractivity contribution < 1.29 is 22.7 Å². The van der Waals surface area contributed by atoms with Crippen LogP contribution in [0.15, 0.2) is 53.9 Å². The maximum atomic E-state index is 12.7. The Morgan fingerprint density at radius 3 is 2.39 bits per heavy atom. The van der Waals surface area contributed by atoms with Crippen molar-refractivity contribution in [1.82, 2.24) is 10.3 Å². The van der Waals surface area contributed by atoms with Crippen LogP contribution in [0.1, 0.15) is 24.1 Å². The number of hydrogen-bond donors (Lipinski definition) is 1. The molecule has 3 aromatic rings. The van der Waals surface area contributed by atoms with Gasteiger partial charge in [-0.15, -0.1) is 11.3 Å². The Labute approximate surface area is 194 Å². The molecule has 4 rings (SSSR count). The van der Waals surface area contributed by atoms with Crippen LogP contribution in [-0.4, -0.2) is 37.1 Å². The topological polar surface area (TPSA) is 54.5 Å². The molecule has 0 atom stereocenters. The van der Waals surface area contributed by atoms with Crippen LogP contribution in [0.5, 0.6) is 5.75 Å². The lowest BCUT2D eigenvalue weighted by Gasteiger charge is -2.34. The van der Waals surface area contributed by atoms with E-state index in [1.54, 1.807) is 12.5 Å². The highest BCUT2D eigenvalue weighted by molar-refractivity contribution is 7.13. The molecule has 5 nitrogen and oxygen atoms in total. The lowest BCUT2D eigenvalue weighted by molar-refractivity contribution is -0.137. The van der Waals surface area contributed by atoms with E-state index in [0.29, 0.717) is 16.3 Å². The molecule has 33 heavy (non-hydrogen) atoms. The van der Waals surface area contributed by atoms with Crippen molar-refractivity contribution in [2.45, 2.75) is 31.5 Å². The van der Waals surface area contributed by atoms with Crippen LogP contribution in [-0.2, 0) is 17.4 Å². The molecular weight excluding hydrogens is 451 g/mol. The number of amides is 1. The number of aromatic nitrogens is 1. The van der Waals surface area contributed by atoms with Crippen molar-refractivity contribution >= 4 is 22.9 Å².